The minimum absolute atomic E-state index is 0.129. The molecule has 0 fully saturated rings. The summed E-state index contributed by atoms with van der Waals surface area (Å²) >= 11 is 0. The van der Waals surface area contributed by atoms with E-state index in [4.69, 9.17) is 0 Å². The molecule has 7 heteroatoms. The van der Waals surface area contributed by atoms with E-state index in [0.29, 0.717) is 10.9 Å². The van der Waals surface area contributed by atoms with Gasteiger partial charge < -0.3 is 10.1 Å². The van der Waals surface area contributed by atoms with Crippen molar-refractivity contribution in [2.45, 2.75) is 33.4 Å². The highest BCUT2D eigenvalue weighted by atomic mass is 16.5. The summed E-state index contributed by atoms with van der Waals surface area (Å²) < 4.78 is 5.91. The molecular formula is C17H21N3O4. The van der Waals surface area contributed by atoms with E-state index in [1.54, 1.807) is 26.0 Å². The van der Waals surface area contributed by atoms with Gasteiger partial charge in [-0.15, -0.1) is 0 Å². The van der Waals surface area contributed by atoms with Crippen molar-refractivity contribution in [3.63, 3.8) is 0 Å². The SMILES string of the molecule is COC(=O)[C@@H](NC(=O)Cn1cnc2c(C)cccc2c1=O)C(C)C. The molecule has 0 aliphatic carbocycles. The summed E-state index contributed by atoms with van der Waals surface area (Å²) in [5.41, 5.74) is 1.22. The average molecular weight is 331 g/mol. The van der Waals surface area contributed by atoms with Crippen LogP contribution < -0.4 is 10.9 Å². The number of nitrogens with one attached hydrogen (secondary N) is 1. The Morgan fingerprint density at radius 1 is 1.33 bits per heavy atom. The van der Waals surface area contributed by atoms with Crippen molar-refractivity contribution >= 4 is 22.8 Å². The third-order valence-electron chi connectivity index (χ3n) is 3.81. The number of amides is 1. The number of ether oxygens (including phenoxy) is 1. The van der Waals surface area contributed by atoms with Crippen molar-refractivity contribution in [2.75, 3.05) is 7.11 Å². The van der Waals surface area contributed by atoms with Gasteiger partial charge in [-0.2, -0.15) is 0 Å². The van der Waals surface area contributed by atoms with Gasteiger partial charge >= 0.3 is 5.97 Å². The maximum absolute atomic E-state index is 12.5. The van der Waals surface area contributed by atoms with Crippen LogP contribution in [-0.2, 0) is 20.9 Å². The fourth-order valence-electron chi connectivity index (χ4n) is 2.45. The van der Waals surface area contributed by atoms with Crippen molar-refractivity contribution in [2.24, 2.45) is 5.92 Å². The van der Waals surface area contributed by atoms with Crippen LogP contribution in [-0.4, -0.2) is 34.6 Å². The van der Waals surface area contributed by atoms with Crippen LogP contribution in [0.4, 0.5) is 0 Å². The zero-order valence-electron chi connectivity index (χ0n) is 14.2. The van der Waals surface area contributed by atoms with E-state index in [-0.39, 0.29) is 18.0 Å². The van der Waals surface area contributed by atoms with Gasteiger partial charge in [0.15, 0.2) is 0 Å². The zero-order chi connectivity index (χ0) is 17.9. The summed E-state index contributed by atoms with van der Waals surface area (Å²) in [7, 11) is 1.27. The number of aromatic nitrogens is 2. The molecular weight excluding hydrogens is 310 g/mol. The van der Waals surface area contributed by atoms with E-state index in [1.807, 2.05) is 13.0 Å². The van der Waals surface area contributed by atoms with Crippen LogP contribution in [0.1, 0.15) is 19.4 Å². The molecule has 1 amide bonds. The number of esters is 1. The molecule has 0 saturated heterocycles. The summed E-state index contributed by atoms with van der Waals surface area (Å²) in [5.74, 6) is -1.09. The number of para-hydroxylation sites is 1. The Kier molecular flexibility index (Phi) is 5.33. The Balaban J connectivity index is 2.23. The van der Waals surface area contributed by atoms with Gasteiger partial charge in [0.05, 0.1) is 24.3 Å². The second-order valence-electron chi connectivity index (χ2n) is 5.96. The van der Waals surface area contributed by atoms with Gasteiger partial charge in [0.1, 0.15) is 12.6 Å². The highest BCUT2D eigenvalue weighted by Crippen LogP contribution is 2.11. The molecule has 1 N–H and O–H groups in total. The van der Waals surface area contributed by atoms with Crippen molar-refractivity contribution in [1.29, 1.82) is 0 Å². The fraction of sp³-hybridized carbons (Fsp3) is 0.412. The first-order valence-electron chi connectivity index (χ1n) is 7.67. The van der Waals surface area contributed by atoms with Crippen molar-refractivity contribution < 1.29 is 14.3 Å². The number of carbonyl (C=O) groups excluding carboxylic acids is 2. The molecule has 1 atom stereocenters. The Hall–Kier alpha value is -2.70. The molecule has 0 bridgehead atoms. The van der Waals surface area contributed by atoms with Crippen LogP contribution in [0, 0.1) is 12.8 Å². The minimum atomic E-state index is -0.756. The van der Waals surface area contributed by atoms with Crippen molar-refractivity contribution in [3.8, 4) is 0 Å². The second kappa shape index (κ2) is 7.25. The number of aryl methyl sites for hydroxylation is 1. The van der Waals surface area contributed by atoms with Crippen LogP contribution in [0.25, 0.3) is 10.9 Å². The Morgan fingerprint density at radius 3 is 2.67 bits per heavy atom. The zero-order valence-corrected chi connectivity index (χ0v) is 14.2. The number of methoxy groups -OCH3 is 1. The molecule has 2 aromatic rings. The number of carbonyl (C=O) groups is 2. The molecule has 7 nitrogen and oxygen atoms in total. The van der Waals surface area contributed by atoms with Gasteiger partial charge in [-0.1, -0.05) is 26.0 Å². The first-order chi connectivity index (χ1) is 11.3. The van der Waals surface area contributed by atoms with E-state index in [9.17, 15) is 14.4 Å². The van der Waals surface area contributed by atoms with E-state index < -0.39 is 17.9 Å². The Morgan fingerprint density at radius 2 is 2.04 bits per heavy atom. The molecule has 0 unspecified atom stereocenters. The quantitative estimate of drug-likeness (QED) is 0.826. The first kappa shape index (κ1) is 17.7. The standard InChI is InChI=1S/C17H21N3O4/c1-10(2)14(17(23)24-4)19-13(21)8-20-9-18-15-11(3)6-5-7-12(15)16(20)22/h5-7,9-10,14H,8H2,1-4H3,(H,19,21)/t14-/m0/s1. The highest BCUT2D eigenvalue weighted by molar-refractivity contribution is 5.85. The van der Waals surface area contributed by atoms with Gasteiger partial charge in [0.25, 0.3) is 5.56 Å². The lowest BCUT2D eigenvalue weighted by Gasteiger charge is -2.20. The molecule has 24 heavy (non-hydrogen) atoms. The second-order valence-corrected chi connectivity index (χ2v) is 5.96. The van der Waals surface area contributed by atoms with Crippen molar-refractivity contribution in [3.05, 3.63) is 40.4 Å². The van der Waals surface area contributed by atoms with E-state index in [2.05, 4.69) is 15.0 Å². The summed E-state index contributed by atoms with van der Waals surface area (Å²) in [4.78, 5) is 40.6. The average Bonchev–Trinajstić information content (AvgIpc) is 2.55. The largest absolute Gasteiger partial charge is 0.467 e. The molecule has 1 aromatic carbocycles. The predicted octanol–water partition coefficient (Wildman–Crippen LogP) is 1.02. The topological polar surface area (TPSA) is 90.3 Å². The van der Waals surface area contributed by atoms with Crippen LogP contribution >= 0.6 is 0 Å². The van der Waals surface area contributed by atoms with Gasteiger partial charge in [0, 0.05) is 0 Å². The van der Waals surface area contributed by atoms with E-state index in [0.717, 1.165) is 5.56 Å². The number of nitrogens with zero attached hydrogens (tertiary/aromatic N) is 2. The third-order valence-corrected chi connectivity index (χ3v) is 3.81. The molecule has 1 heterocycles. The van der Waals surface area contributed by atoms with Gasteiger partial charge in [-0.25, -0.2) is 9.78 Å². The van der Waals surface area contributed by atoms with Crippen LogP contribution in [0.15, 0.2) is 29.3 Å². The normalized spacial score (nSPS) is 12.2. The molecule has 1 aromatic heterocycles. The number of hydrogen-bond donors (Lipinski definition) is 1. The summed E-state index contributed by atoms with van der Waals surface area (Å²) in [6.45, 7) is 5.26. The number of rotatable bonds is 5. The molecule has 0 saturated carbocycles. The van der Waals surface area contributed by atoms with Crippen LogP contribution in [0.2, 0.25) is 0 Å². The lowest BCUT2D eigenvalue weighted by Crippen LogP contribution is -2.46. The molecule has 0 radical (unpaired) electrons. The summed E-state index contributed by atoms with van der Waals surface area (Å²) in [6.07, 6.45) is 1.35. The maximum atomic E-state index is 12.5. The number of benzene rings is 1. The monoisotopic (exact) mass is 331 g/mol. The smallest absolute Gasteiger partial charge is 0.328 e. The molecule has 0 spiro atoms. The summed E-state index contributed by atoms with van der Waals surface area (Å²) in [6, 6.07) is 4.57. The fourth-order valence-corrected chi connectivity index (χ4v) is 2.45. The molecule has 2 rings (SSSR count). The third kappa shape index (κ3) is 3.61. The molecule has 0 aliphatic rings. The number of hydrogen-bond acceptors (Lipinski definition) is 5. The van der Waals surface area contributed by atoms with Crippen LogP contribution in [0.5, 0.6) is 0 Å². The summed E-state index contributed by atoms with van der Waals surface area (Å²) in [5, 5.41) is 3.06. The van der Waals surface area contributed by atoms with E-state index >= 15 is 0 Å². The molecule has 128 valence electrons. The van der Waals surface area contributed by atoms with Gasteiger partial charge in [-0.3, -0.25) is 14.2 Å². The number of fused-ring (bicyclic) bond motifs is 1. The first-order valence-corrected chi connectivity index (χ1v) is 7.67. The van der Waals surface area contributed by atoms with E-state index in [1.165, 1.54) is 18.0 Å². The Labute approximate surface area is 139 Å². The lowest BCUT2D eigenvalue weighted by molar-refractivity contribution is -0.146. The minimum Gasteiger partial charge on any atom is -0.467 e. The highest BCUT2D eigenvalue weighted by Gasteiger charge is 2.25. The van der Waals surface area contributed by atoms with Crippen LogP contribution in [0.3, 0.4) is 0 Å². The lowest BCUT2D eigenvalue weighted by atomic mass is 10.0. The van der Waals surface area contributed by atoms with Crippen molar-refractivity contribution in [1.82, 2.24) is 14.9 Å². The molecule has 0 aliphatic heterocycles. The predicted molar refractivity (Wildman–Crippen MR) is 89.5 cm³/mol. The maximum Gasteiger partial charge on any atom is 0.328 e. The van der Waals surface area contributed by atoms with Gasteiger partial charge in [-0.05, 0) is 24.5 Å². The Bertz CT molecular complexity index is 826. The van der Waals surface area contributed by atoms with Gasteiger partial charge in [0.2, 0.25) is 5.91 Å².